The maximum absolute atomic E-state index is 13.3. The van der Waals surface area contributed by atoms with Gasteiger partial charge in [0.1, 0.15) is 5.82 Å². The van der Waals surface area contributed by atoms with Crippen molar-refractivity contribution in [1.29, 1.82) is 0 Å². The molecule has 0 bridgehead atoms. The molecule has 0 atom stereocenters. The third-order valence-corrected chi connectivity index (χ3v) is 2.37. The van der Waals surface area contributed by atoms with Crippen molar-refractivity contribution in [3.8, 4) is 0 Å². The van der Waals surface area contributed by atoms with E-state index >= 15 is 0 Å². The summed E-state index contributed by atoms with van der Waals surface area (Å²) in [4.78, 5) is 11.7. The van der Waals surface area contributed by atoms with Gasteiger partial charge in [-0.15, -0.1) is 0 Å². The molecule has 0 saturated carbocycles. The number of anilines is 1. The maximum Gasteiger partial charge on any atom is 0.255 e. The Labute approximate surface area is 105 Å². The second-order valence-electron chi connectivity index (χ2n) is 3.69. The molecule has 0 radical (unpaired) electrons. The number of amides is 1. The molecular formula is C13H7F4NO. The molecule has 2 aromatic rings. The molecule has 0 fully saturated rings. The maximum atomic E-state index is 13.3. The van der Waals surface area contributed by atoms with Crippen molar-refractivity contribution in [2.24, 2.45) is 0 Å². The van der Waals surface area contributed by atoms with Gasteiger partial charge in [-0.2, -0.15) is 0 Å². The SMILES string of the molecule is O=C(Nc1ccc(F)c(F)c1F)c1cccc(F)c1. The molecule has 2 nitrogen and oxygen atoms in total. The normalized spacial score (nSPS) is 10.3. The van der Waals surface area contributed by atoms with Crippen molar-refractivity contribution in [1.82, 2.24) is 0 Å². The molecule has 1 N–H and O–H groups in total. The summed E-state index contributed by atoms with van der Waals surface area (Å²) in [7, 11) is 0. The van der Waals surface area contributed by atoms with Crippen LogP contribution in [0.2, 0.25) is 0 Å². The minimum atomic E-state index is -1.68. The van der Waals surface area contributed by atoms with Crippen LogP contribution < -0.4 is 5.32 Å². The number of halogens is 4. The number of carbonyl (C=O) groups is 1. The van der Waals surface area contributed by atoms with Crippen LogP contribution in [0.1, 0.15) is 10.4 Å². The van der Waals surface area contributed by atoms with Crippen LogP contribution in [0.15, 0.2) is 36.4 Å². The van der Waals surface area contributed by atoms with Gasteiger partial charge in [-0.25, -0.2) is 17.6 Å². The summed E-state index contributed by atoms with van der Waals surface area (Å²) in [6, 6.07) is 6.23. The summed E-state index contributed by atoms with van der Waals surface area (Å²) in [5, 5.41) is 2.03. The summed E-state index contributed by atoms with van der Waals surface area (Å²) < 4.78 is 51.9. The average Bonchev–Trinajstić information content (AvgIpc) is 2.39. The van der Waals surface area contributed by atoms with Gasteiger partial charge in [-0.1, -0.05) is 6.07 Å². The second-order valence-corrected chi connectivity index (χ2v) is 3.69. The number of carbonyl (C=O) groups excluding carboxylic acids is 1. The van der Waals surface area contributed by atoms with Crippen LogP contribution in [0.5, 0.6) is 0 Å². The fourth-order valence-electron chi connectivity index (χ4n) is 1.45. The van der Waals surface area contributed by atoms with E-state index in [0.717, 1.165) is 18.2 Å². The van der Waals surface area contributed by atoms with E-state index in [0.29, 0.717) is 6.07 Å². The van der Waals surface area contributed by atoms with Crippen molar-refractivity contribution in [2.75, 3.05) is 5.32 Å². The number of nitrogens with one attached hydrogen (secondary N) is 1. The lowest BCUT2D eigenvalue weighted by Gasteiger charge is -2.07. The van der Waals surface area contributed by atoms with Gasteiger partial charge in [0, 0.05) is 5.56 Å². The Balaban J connectivity index is 2.27. The van der Waals surface area contributed by atoms with Gasteiger partial charge in [-0.3, -0.25) is 4.79 Å². The van der Waals surface area contributed by atoms with Gasteiger partial charge in [0.2, 0.25) is 0 Å². The molecule has 98 valence electrons. The monoisotopic (exact) mass is 269 g/mol. The van der Waals surface area contributed by atoms with Gasteiger partial charge in [0.25, 0.3) is 5.91 Å². The smallest absolute Gasteiger partial charge is 0.255 e. The van der Waals surface area contributed by atoms with Crippen molar-refractivity contribution in [2.45, 2.75) is 0 Å². The van der Waals surface area contributed by atoms with E-state index in [9.17, 15) is 22.4 Å². The van der Waals surface area contributed by atoms with Crippen molar-refractivity contribution in [3.63, 3.8) is 0 Å². The lowest BCUT2D eigenvalue weighted by Crippen LogP contribution is -2.14. The summed E-state index contributed by atoms with van der Waals surface area (Å²) >= 11 is 0. The summed E-state index contributed by atoms with van der Waals surface area (Å²) in [5.74, 6) is -6.02. The topological polar surface area (TPSA) is 29.1 Å². The van der Waals surface area contributed by atoms with Gasteiger partial charge >= 0.3 is 0 Å². The number of rotatable bonds is 2. The van der Waals surface area contributed by atoms with Crippen molar-refractivity contribution in [3.05, 3.63) is 65.2 Å². The Morgan fingerprint density at radius 1 is 0.947 bits per heavy atom. The minimum Gasteiger partial charge on any atom is -0.319 e. The Bertz CT molecular complexity index is 643. The zero-order chi connectivity index (χ0) is 14.0. The van der Waals surface area contributed by atoms with E-state index < -0.39 is 34.9 Å². The molecule has 6 heteroatoms. The molecular weight excluding hydrogens is 262 g/mol. The number of hydrogen-bond donors (Lipinski definition) is 1. The molecule has 0 aromatic heterocycles. The van der Waals surface area contributed by atoms with E-state index in [2.05, 4.69) is 0 Å². The van der Waals surface area contributed by atoms with Gasteiger partial charge in [0.15, 0.2) is 17.5 Å². The molecule has 19 heavy (non-hydrogen) atoms. The standard InChI is InChI=1S/C13H7F4NO/c14-8-3-1-2-7(6-8)13(19)18-10-5-4-9(15)11(16)12(10)17/h1-6H,(H,18,19). The molecule has 2 rings (SSSR count). The molecule has 0 spiro atoms. The highest BCUT2D eigenvalue weighted by Crippen LogP contribution is 2.20. The number of benzene rings is 2. The fraction of sp³-hybridized carbons (Fsp3) is 0. The van der Waals surface area contributed by atoms with Crippen LogP contribution in [0.4, 0.5) is 23.2 Å². The molecule has 1 amide bonds. The predicted octanol–water partition coefficient (Wildman–Crippen LogP) is 3.50. The van der Waals surface area contributed by atoms with Crippen LogP contribution in [0.3, 0.4) is 0 Å². The van der Waals surface area contributed by atoms with E-state index in [1.165, 1.54) is 12.1 Å². The van der Waals surface area contributed by atoms with Crippen LogP contribution >= 0.6 is 0 Å². The molecule has 0 aliphatic carbocycles. The third kappa shape index (κ3) is 2.73. The second kappa shape index (κ2) is 5.09. The third-order valence-electron chi connectivity index (χ3n) is 2.37. The first-order chi connectivity index (χ1) is 8.99. The minimum absolute atomic E-state index is 0.0656. The summed E-state index contributed by atoms with van der Waals surface area (Å²) in [6.45, 7) is 0. The lowest BCUT2D eigenvalue weighted by molar-refractivity contribution is 0.102. The van der Waals surface area contributed by atoms with Gasteiger partial charge in [0.05, 0.1) is 5.69 Å². The van der Waals surface area contributed by atoms with Gasteiger partial charge in [-0.05, 0) is 30.3 Å². The molecule has 0 aliphatic rings. The number of hydrogen-bond acceptors (Lipinski definition) is 1. The van der Waals surface area contributed by atoms with Crippen LogP contribution in [-0.2, 0) is 0 Å². The highest BCUT2D eigenvalue weighted by molar-refractivity contribution is 6.04. The van der Waals surface area contributed by atoms with Gasteiger partial charge < -0.3 is 5.32 Å². The average molecular weight is 269 g/mol. The van der Waals surface area contributed by atoms with E-state index in [1.54, 1.807) is 0 Å². The molecule has 0 saturated heterocycles. The first kappa shape index (κ1) is 13.1. The molecule has 0 heterocycles. The lowest BCUT2D eigenvalue weighted by atomic mass is 10.2. The Hall–Kier alpha value is -2.37. The summed E-state index contributed by atoms with van der Waals surface area (Å²) in [5.41, 5.74) is -0.586. The van der Waals surface area contributed by atoms with E-state index in [4.69, 9.17) is 0 Å². The van der Waals surface area contributed by atoms with Crippen LogP contribution in [0, 0.1) is 23.3 Å². The Morgan fingerprint density at radius 2 is 1.68 bits per heavy atom. The van der Waals surface area contributed by atoms with E-state index in [1.807, 2.05) is 5.32 Å². The van der Waals surface area contributed by atoms with Crippen LogP contribution in [-0.4, -0.2) is 5.91 Å². The zero-order valence-corrected chi connectivity index (χ0v) is 9.38. The first-order valence-electron chi connectivity index (χ1n) is 5.19. The quantitative estimate of drug-likeness (QED) is 0.656. The Kier molecular flexibility index (Phi) is 3.50. The van der Waals surface area contributed by atoms with Crippen molar-refractivity contribution < 1.29 is 22.4 Å². The predicted molar refractivity (Wildman–Crippen MR) is 60.7 cm³/mol. The van der Waals surface area contributed by atoms with E-state index in [-0.39, 0.29) is 5.56 Å². The van der Waals surface area contributed by atoms with Crippen molar-refractivity contribution >= 4 is 11.6 Å². The fourth-order valence-corrected chi connectivity index (χ4v) is 1.45. The summed E-state index contributed by atoms with van der Waals surface area (Å²) in [6.07, 6.45) is 0. The molecule has 0 aliphatic heterocycles. The first-order valence-corrected chi connectivity index (χ1v) is 5.19. The highest BCUT2D eigenvalue weighted by atomic mass is 19.2. The van der Waals surface area contributed by atoms with Crippen LogP contribution in [0.25, 0.3) is 0 Å². The molecule has 0 unspecified atom stereocenters. The Morgan fingerprint density at radius 3 is 2.37 bits per heavy atom. The zero-order valence-electron chi connectivity index (χ0n) is 9.38. The molecule has 2 aromatic carbocycles. The largest absolute Gasteiger partial charge is 0.319 e. The highest BCUT2D eigenvalue weighted by Gasteiger charge is 2.16.